The zero-order valence-electron chi connectivity index (χ0n) is 12.7. The minimum absolute atomic E-state index is 0.239. The van der Waals surface area contributed by atoms with Gasteiger partial charge in [0.2, 0.25) is 5.91 Å². The highest BCUT2D eigenvalue weighted by atomic mass is 16.1. The number of nitrogens with one attached hydrogen (secondary N) is 1. The molecule has 4 rings (SSSR count). The third-order valence-corrected chi connectivity index (χ3v) is 6.48. The fourth-order valence-electron chi connectivity index (χ4n) is 5.91. The second-order valence-corrected chi connectivity index (χ2v) is 7.61. The zero-order valence-corrected chi connectivity index (χ0v) is 12.7. The van der Waals surface area contributed by atoms with E-state index in [0.717, 1.165) is 30.6 Å². The first-order valence-corrected chi connectivity index (χ1v) is 8.35. The van der Waals surface area contributed by atoms with E-state index < -0.39 is 0 Å². The van der Waals surface area contributed by atoms with Crippen molar-refractivity contribution in [3.05, 3.63) is 11.3 Å². The normalized spacial score (nSPS) is 44.7. The smallest absolute Gasteiger partial charge is 0.224 e. The van der Waals surface area contributed by atoms with Crippen LogP contribution in [0.25, 0.3) is 0 Å². The van der Waals surface area contributed by atoms with Crippen LogP contribution in [0.3, 0.4) is 0 Å². The van der Waals surface area contributed by atoms with Crippen molar-refractivity contribution in [2.45, 2.75) is 57.4 Å². The van der Waals surface area contributed by atoms with Crippen LogP contribution < -0.4 is 5.32 Å². The second-order valence-electron chi connectivity index (χ2n) is 7.61. The maximum Gasteiger partial charge on any atom is 0.224 e. The molecule has 2 aliphatic heterocycles. The summed E-state index contributed by atoms with van der Waals surface area (Å²) in [5, 5.41) is 3.22. The van der Waals surface area contributed by atoms with Gasteiger partial charge in [0.15, 0.2) is 0 Å². The Balaban J connectivity index is 1.85. The van der Waals surface area contributed by atoms with E-state index in [1.807, 2.05) is 0 Å². The Bertz CT molecular complexity index is 483. The van der Waals surface area contributed by atoms with Gasteiger partial charge in [-0.1, -0.05) is 6.92 Å². The van der Waals surface area contributed by atoms with E-state index in [1.54, 1.807) is 5.57 Å². The van der Waals surface area contributed by atoms with Crippen LogP contribution in [0.4, 0.5) is 0 Å². The molecule has 110 valence electrons. The Labute approximate surface area is 121 Å². The summed E-state index contributed by atoms with van der Waals surface area (Å²) in [5.41, 5.74) is 3.19. The highest BCUT2D eigenvalue weighted by Gasteiger charge is 2.57. The highest BCUT2D eigenvalue weighted by Crippen LogP contribution is 2.58. The number of allylic oxidation sites excluding steroid dienone is 1. The lowest BCUT2D eigenvalue weighted by atomic mass is 9.52. The number of hydrogen-bond donors (Lipinski definition) is 1. The van der Waals surface area contributed by atoms with E-state index in [9.17, 15) is 4.79 Å². The fraction of sp³-hybridized carbons (Fsp3) is 0.824. The third kappa shape index (κ3) is 1.59. The molecule has 0 unspecified atom stereocenters. The van der Waals surface area contributed by atoms with Gasteiger partial charge in [-0.15, -0.1) is 0 Å². The summed E-state index contributed by atoms with van der Waals surface area (Å²) < 4.78 is 0. The zero-order chi connectivity index (χ0) is 13.9. The largest absolute Gasteiger partial charge is 0.330 e. The molecule has 0 aromatic rings. The Morgan fingerprint density at radius 2 is 2.20 bits per heavy atom. The van der Waals surface area contributed by atoms with Crippen LogP contribution in [0.2, 0.25) is 0 Å². The predicted molar refractivity (Wildman–Crippen MR) is 79.0 cm³/mol. The summed E-state index contributed by atoms with van der Waals surface area (Å²) >= 11 is 0. The number of likely N-dealkylation sites (N-methyl/N-ethyl adjacent to an activating group) is 1. The Kier molecular flexibility index (Phi) is 2.79. The van der Waals surface area contributed by atoms with Gasteiger partial charge in [-0.2, -0.15) is 0 Å². The molecule has 1 saturated carbocycles. The lowest BCUT2D eigenvalue weighted by molar-refractivity contribution is -0.122. The van der Waals surface area contributed by atoms with Crippen molar-refractivity contribution in [3.8, 4) is 0 Å². The highest BCUT2D eigenvalue weighted by molar-refractivity contribution is 5.80. The number of piperidine rings is 1. The van der Waals surface area contributed by atoms with Crippen molar-refractivity contribution in [3.63, 3.8) is 0 Å². The van der Waals surface area contributed by atoms with Gasteiger partial charge in [0.05, 0.1) is 0 Å². The Morgan fingerprint density at radius 1 is 1.35 bits per heavy atom. The summed E-state index contributed by atoms with van der Waals surface area (Å²) in [6.45, 7) is 3.65. The molecule has 2 fully saturated rings. The Hall–Kier alpha value is -0.830. The number of carbonyl (C=O) groups is 1. The van der Waals surface area contributed by atoms with Crippen LogP contribution in [-0.2, 0) is 4.79 Å². The Morgan fingerprint density at radius 3 is 3.05 bits per heavy atom. The lowest BCUT2D eigenvalue weighted by Gasteiger charge is -2.62. The van der Waals surface area contributed by atoms with Crippen molar-refractivity contribution >= 4 is 5.91 Å². The van der Waals surface area contributed by atoms with Crippen molar-refractivity contribution < 1.29 is 4.79 Å². The molecule has 1 saturated heterocycles. The van der Waals surface area contributed by atoms with Gasteiger partial charge >= 0.3 is 0 Å². The van der Waals surface area contributed by atoms with E-state index in [1.165, 1.54) is 37.9 Å². The summed E-state index contributed by atoms with van der Waals surface area (Å²) in [4.78, 5) is 14.4. The first-order valence-electron chi connectivity index (χ1n) is 8.35. The molecule has 1 amide bonds. The van der Waals surface area contributed by atoms with Crippen LogP contribution in [0.15, 0.2) is 11.3 Å². The van der Waals surface area contributed by atoms with E-state index in [0.29, 0.717) is 6.42 Å². The third-order valence-electron chi connectivity index (χ3n) is 6.48. The molecule has 20 heavy (non-hydrogen) atoms. The van der Waals surface area contributed by atoms with Gasteiger partial charge in [0.1, 0.15) is 0 Å². The standard InChI is InChI=1S/C17H26N2O/c1-11-8-12-9-15-14(5-6-16(20)18-15)17(10-11)13(12)4-3-7-19(17)2/h11-13H,3-10H2,1-2H3,(H,18,20)/t11-,12-,13-,17+/m0/s1. The molecule has 1 N–H and O–H groups in total. The van der Waals surface area contributed by atoms with Gasteiger partial charge in [0, 0.05) is 17.7 Å². The molecule has 2 heterocycles. The maximum absolute atomic E-state index is 11.8. The summed E-state index contributed by atoms with van der Waals surface area (Å²) in [5.74, 6) is 2.69. The molecule has 4 aliphatic rings. The van der Waals surface area contributed by atoms with E-state index in [4.69, 9.17) is 0 Å². The number of rotatable bonds is 0. The van der Waals surface area contributed by atoms with Crippen LogP contribution in [-0.4, -0.2) is 29.9 Å². The summed E-state index contributed by atoms with van der Waals surface area (Å²) in [7, 11) is 2.33. The molecule has 4 atom stereocenters. The van der Waals surface area contributed by atoms with Crippen LogP contribution in [0.1, 0.15) is 51.9 Å². The van der Waals surface area contributed by atoms with Crippen LogP contribution in [0.5, 0.6) is 0 Å². The van der Waals surface area contributed by atoms with Gasteiger partial charge in [0.25, 0.3) is 0 Å². The average Bonchev–Trinajstić information content (AvgIpc) is 2.39. The van der Waals surface area contributed by atoms with Gasteiger partial charge in [-0.3, -0.25) is 9.69 Å². The molecule has 0 radical (unpaired) electrons. The van der Waals surface area contributed by atoms with Crippen molar-refractivity contribution in [2.75, 3.05) is 13.6 Å². The molecule has 3 nitrogen and oxygen atoms in total. The predicted octanol–water partition coefficient (Wildman–Crippen LogP) is 2.68. The minimum Gasteiger partial charge on any atom is -0.330 e. The van der Waals surface area contributed by atoms with Crippen molar-refractivity contribution in [1.82, 2.24) is 10.2 Å². The topological polar surface area (TPSA) is 32.3 Å². The molecular weight excluding hydrogens is 248 g/mol. The quantitative estimate of drug-likeness (QED) is 0.736. The number of nitrogens with zero attached hydrogens (tertiary/aromatic N) is 1. The number of carbonyl (C=O) groups excluding carboxylic acids is 1. The lowest BCUT2D eigenvalue weighted by Crippen LogP contribution is -2.64. The number of likely N-dealkylation sites (tertiary alicyclic amines) is 1. The molecular formula is C17H26N2O. The van der Waals surface area contributed by atoms with Crippen molar-refractivity contribution in [2.24, 2.45) is 17.8 Å². The van der Waals surface area contributed by atoms with E-state index in [2.05, 4.69) is 24.2 Å². The van der Waals surface area contributed by atoms with Gasteiger partial charge in [-0.05, 0) is 75.4 Å². The molecule has 2 bridgehead atoms. The van der Waals surface area contributed by atoms with E-state index in [-0.39, 0.29) is 11.4 Å². The second kappa shape index (κ2) is 4.33. The monoisotopic (exact) mass is 274 g/mol. The van der Waals surface area contributed by atoms with Crippen LogP contribution >= 0.6 is 0 Å². The minimum atomic E-state index is 0.239. The number of hydrogen-bond acceptors (Lipinski definition) is 2. The SMILES string of the molecule is C[C@H]1C[C@H]2CC3=C(CCC(=O)N3)[C@@]3(C1)[C@H]2CCCN3C. The first-order chi connectivity index (χ1) is 9.61. The van der Waals surface area contributed by atoms with Gasteiger partial charge < -0.3 is 5.32 Å². The number of amides is 1. The average molecular weight is 274 g/mol. The van der Waals surface area contributed by atoms with Crippen LogP contribution in [0, 0.1) is 17.8 Å². The molecule has 2 aliphatic carbocycles. The molecule has 3 heteroatoms. The van der Waals surface area contributed by atoms with Gasteiger partial charge in [-0.25, -0.2) is 0 Å². The molecule has 0 spiro atoms. The summed E-state index contributed by atoms with van der Waals surface area (Å²) in [6, 6.07) is 0. The maximum atomic E-state index is 11.8. The first kappa shape index (κ1) is 12.9. The van der Waals surface area contributed by atoms with Crippen molar-refractivity contribution in [1.29, 1.82) is 0 Å². The molecule has 0 aromatic heterocycles. The fourth-order valence-corrected chi connectivity index (χ4v) is 5.91. The molecule has 0 aromatic carbocycles. The summed E-state index contributed by atoms with van der Waals surface area (Å²) in [6.07, 6.45) is 8.23. The van der Waals surface area contributed by atoms with E-state index >= 15 is 0 Å².